The van der Waals surface area contributed by atoms with Crippen LogP contribution in [0.25, 0.3) is 0 Å². The molecule has 0 saturated carbocycles. The minimum Gasteiger partial charge on any atom is -0.137 e. The van der Waals surface area contributed by atoms with Gasteiger partial charge >= 0.3 is 0 Å². The molecule has 1 heterocycles. The summed E-state index contributed by atoms with van der Waals surface area (Å²) < 4.78 is 1.12. The lowest BCUT2D eigenvalue weighted by Gasteiger charge is -1.78. The van der Waals surface area contributed by atoms with Gasteiger partial charge in [0.15, 0.2) is 0 Å². The summed E-state index contributed by atoms with van der Waals surface area (Å²) >= 11 is 5.84. The van der Waals surface area contributed by atoms with Gasteiger partial charge in [0, 0.05) is 0 Å². The Balaban J connectivity index is 3.12. The van der Waals surface area contributed by atoms with Crippen LogP contribution in [-0.4, -0.2) is 0 Å². The maximum absolute atomic E-state index is 4.17. The summed E-state index contributed by atoms with van der Waals surface area (Å²) in [4.78, 5) is 0. The first-order valence-corrected chi connectivity index (χ1v) is 3.36. The number of thiol groups is 1. The first kappa shape index (κ1) is 5.19. The van der Waals surface area contributed by atoms with Crippen LogP contribution in [0.5, 0.6) is 0 Å². The highest BCUT2D eigenvalue weighted by molar-refractivity contribution is 7.82. The van der Waals surface area contributed by atoms with Crippen molar-refractivity contribution < 1.29 is 0 Å². The molecule has 7 heavy (non-hydrogen) atoms. The normalized spacial score (nSPS) is 9.43. The average molecular weight is 130 g/mol. The molecular formula is C5H6S2. The molecule has 0 unspecified atom stereocenters. The SMILES string of the molecule is Cc1ccsc1S. The fourth-order valence-corrected chi connectivity index (χ4v) is 1.28. The topological polar surface area (TPSA) is 0 Å². The molecule has 0 bridgehead atoms. The third-order valence-corrected chi connectivity index (χ3v) is 2.32. The lowest BCUT2D eigenvalue weighted by Crippen LogP contribution is -1.56. The summed E-state index contributed by atoms with van der Waals surface area (Å²) in [5.74, 6) is 0. The van der Waals surface area contributed by atoms with Crippen molar-refractivity contribution in [3.8, 4) is 0 Å². The van der Waals surface area contributed by atoms with Crippen LogP contribution in [-0.2, 0) is 0 Å². The van der Waals surface area contributed by atoms with Crippen molar-refractivity contribution in [1.82, 2.24) is 0 Å². The van der Waals surface area contributed by atoms with Crippen molar-refractivity contribution in [3.05, 3.63) is 17.0 Å². The molecule has 1 aromatic rings. The van der Waals surface area contributed by atoms with E-state index in [0.29, 0.717) is 0 Å². The average Bonchev–Trinajstić information content (AvgIpc) is 1.91. The van der Waals surface area contributed by atoms with Crippen molar-refractivity contribution in [2.75, 3.05) is 0 Å². The maximum atomic E-state index is 4.17. The minimum absolute atomic E-state index is 1.12. The Labute approximate surface area is 52.6 Å². The largest absolute Gasteiger partial charge is 0.137 e. The van der Waals surface area contributed by atoms with Crippen LogP contribution in [0.3, 0.4) is 0 Å². The zero-order valence-corrected chi connectivity index (χ0v) is 5.72. The van der Waals surface area contributed by atoms with E-state index in [2.05, 4.69) is 25.6 Å². The summed E-state index contributed by atoms with van der Waals surface area (Å²) in [6, 6.07) is 2.06. The minimum atomic E-state index is 1.12. The second-order valence-electron chi connectivity index (χ2n) is 1.41. The molecule has 1 rings (SSSR count). The van der Waals surface area contributed by atoms with E-state index in [-0.39, 0.29) is 0 Å². The molecule has 0 aliphatic rings. The molecule has 0 aliphatic carbocycles. The Bertz CT molecular complexity index is 138. The van der Waals surface area contributed by atoms with Crippen molar-refractivity contribution in [2.24, 2.45) is 0 Å². The van der Waals surface area contributed by atoms with Crippen LogP contribution in [0.4, 0.5) is 0 Å². The Morgan fingerprint density at radius 1 is 1.71 bits per heavy atom. The molecule has 0 N–H and O–H groups in total. The first-order valence-electron chi connectivity index (χ1n) is 2.04. The third-order valence-electron chi connectivity index (χ3n) is 0.835. The maximum Gasteiger partial charge on any atom is 0.0597 e. The molecule has 38 valence electrons. The van der Waals surface area contributed by atoms with Gasteiger partial charge in [0.25, 0.3) is 0 Å². The third kappa shape index (κ3) is 0.983. The number of hydrogen-bond donors (Lipinski definition) is 1. The van der Waals surface area contributed by atoms with Crippen LogP contribution < -0.4 is 0 Å². The fraction of sp³-hybridized carbons (Fsp3) is 0.200. The highest BCUT2D eigenvalue weighted by atomic mass is 32.2. The van der Waals surface area contributed by atoms with Crippen LogP contribution >= 0.6 is 24.0 Å². The Kier molecular flexibility index (Phi) is 1.40. The van der Waals surface area contributed by atoms with Gasteiger partial charge in [-0.05, 0) is 23.9 Å². The molecule has 0 radical (unpaired) electrons. The zero-order valence-electron chi connectivity index (χ0n) is 4.01. The van der Waals surface area contributed by atoms with E-state index >= 15 is 0 Å². The van der Waals surface area contributed by atoms with E-state index < -0.39 is 0 Å². The molecule has 0 fully saturated rings. The van der Waals surface area contributed by atoms with E-state index in [1.54, 1.807) is 11.3 Å². The Morgan fingerprint density at radius 2 is 2.43 bits per heavy atom. The molecule has 0 saturated heterocycles. The van der Waals surface area contributed by atoms with E-state index in [1.165, 1.54) is 5.56 Å². The number of thiophene rings is 1. The van der Waals surface area contributed by atoms with Crippen molar-refractivity contribution in [2.45, 2.75) is 11.1 Å². The van der Waals surface area contributed by atoms with E-state index in [9.17, 15) is 0 Å². The molecule has 0 amide bonds. The van der Waals surface area contributed by atoms with Crippen LogP contribution in [0.2, 0.25) is 0 Å². The quantitative estimate of drug-likeness (QED) is 0.512. The van der Waals surface area contributed by atoms with Crippen molar-refractivity contribution in [3.63, 3.8) is 0 Å². The predicted octanol–water partition coefficient (Wildman–Crippen LogP) is 2.35. The Morgan fingerprint density at radius 3 is 2.57 bits per heavy atom. The van der Waals surface area contributed by atoms with Gasteiger partial charge in [0.1, 0.15) is 0 Å². The fourth-order valence-electron chi connectivity index (χ4n) is 0.365. The summed E-state index contributed by atoms with van der Waals surface area (Å²) in [5, 5.41) is 2.04. The number of hydrogen-bond acceptors (Lipinski definition) is 2. The Hall–Kier alpha value is 0.0500. The highest BCUT2D eigenvalue weighted by Crippen LogP contribution is 2.18. The molecule has 0 spiro atoms. The summed E-state index contributed by atoms with van der Waals surface area (Å²) in [5.41, 5.74) is 1.27. The van der Waals surface area contributed by atoms with Gasteiger partial charge in [0.2, 0.25) is 0 Å². The standard InChI is InChI=1S/C5H6S2/c1-4-2-3-7-5(4)6/h2-3,6H,1H3. The monoisotopic (exact) mass is 130 g/mol. The lowest BCUT2D eigenvalue weighted by molar-refractivity contribution is 1.44. The van der Waals surface area contributed by atoms with Gasteiger partial charge < -0.3 is 0 Å². The number of rotatable bonds is 0. The lowest BCUT2D eigenvalue weighted by atomic mass is 10.4. The van der Waals surface area contributed by atoms with Gasteiger partial charge in [-0.15, -0.1) is 24.0 Å². The predicted molar refractivity (Wildman–Crippen MR) is 36.3 cm³/mol. The number of aryl methyl sites for hydroxylation is 1. The molecule has 0 aliphatic heterocycles. The molecule has 0 atom stereocenters. The van der Waals surface area contributed by atoms with Gasteiger partial charge in [-0.3, -0.25) is 0 Å². The molecule has 0 aromatic carbocycles. The van der Waals surface area contributed by atoms with Gasteiger partial charge in [0.05, 0.1) is 4.21 Å². The second-order valence-corrected chi connectivity index (χ2v) is 3.07. The molecule has 2 heteroatoms. The highest BCUT2D eigenvalue weighted by Gasteiger charge is 1.88. The van der Waals surface area contributed by atoms with E-state index in [4.69, 9.17) is 0 Å². The zero-order chi connectivity index (χ0) is 5.28. The smallest absolute Gasteiger partial charge is 0.0597 e. The molecular weight excluding hydrogens is 124 g/mol. The van der Waals surface area contributed by atoms with Crippen LogP contribution in [0.1, 0.15) is 5.56 Å². The van der Waals surface area contributed by atoms with Crippen LogP contribution in [0, 0.1) is 6.92 Å². The summed E-state index contributed by atoms with van der Waals surface area (Å²) in [6.45, 7) is 2.05. The van der Waals surface area contributed by atoms with Crippen LogP contribution in [0.15, 0.2) is 15.7 Å². The van der Waals surface area contributed by atoms with E-state index in [1.807, 2.05) is 5.38 Å². The molecule has 1 aromatic heterocycles. The van der Waals surface area contributed by atoms with Gasteiger partial charge in [-0.25, -0.2) is 0 Å². The summed E-state index contributed by atoms with van der Waals surface area (Å²) in [7, 11) is 0. The van der Waals surface area contributed by atoms with E-state index in [0.717, 1.165) is 4.21 Å². The van der Waals surface area contributed by atoms with Crippen molar-refractivity contribution in [1.29, 1.82) is 0 Å². The summed E-state index contributed by atoms with van der Waals surface area (Å²) in [6.07, 6.45) is 0. The van der Waals surface area contributed by atoms with Crippen molar-refractivity contribution >= 4 is 24.0 Å². The first-order chi connectivity index (χ1) is 3.30. The van der Waals surface area contributed by atoms with Gasteiger partial charge in [-0.1, -0.05) is 0 Å². The second kappa shape index (κ2) is 1.88. The molecule has 0 nitrogen and oxygen atoms in total. The van der Waals surface area contributed by atoms with Gasteiger partial charge in [-0.2, -0.15) is 0 Å².